The molecule has 0 aromatic carbocycles. The molecule has 3 nitrogen and oxygen atoms in total. The third-order valence-corrected chi connectivity index (χ3v) is 3.07. The first-order valence-corrected chi connectivity index (χ1v) is 6.93. The molecule has 0 heterocycles. The summed E-state index contributed by atoms with van der Waals surface area (Å²) in [5, 5.41) is 0. The van der Waals surface area contributed by atoms with Crippen LogP contribution in [-0.4, -0.2) is 66.9 Å². The molecular weight excluding hydrogens is 192 g/mol. The maximum atomic E-state index is 5.79. The van der Waals surface area contributed by atoms with Crippen LogP contribution >= 0.6 is 0 Å². The lowest BCUT2D eigenvalue weighted by Gasteiger charge is -2.27. The van der Waals surface area contributed by atoms with Crippen LogP contribution in [0.15, 0.2) is 12.3 Å². The Hall–Kier alpha value is -0.163. The van der Waals surface area contributed by atoms with Crippen molar-refractivity contribution >= 4 is 9.52 Å². The lowest BCUT2D eigenvalue weighted by Crippen LogP contribution is -2.39. The minimum atomic E-state index is -0.0661. The van der Waals surface area contributed by atoms with Crippen LogP contribution in [-0.2, 0) is 4.74 Å². The molecule has 0 aromatic rings. The van der Waals surface area contributed by atoms with Gasteiger partial charge in [0.1, 0.15) is 6.23 Å². The zero-order chi connectivity index (χ0) is 11.0. The Bertz CT molecular complexity index is 151. The summed E-state index contributed by atoms with van der Waals surface area (Å²) in [6.07, 6.45) is 0.212. The molecule has 0 fully saturated rings. The van der Waals surface area contributed by atoms with Crippen molar-refractivity contribution in [3.8, 4) is 0 Å². The fourth-order valence-corrected chi connectivity index (χ4v) is 1.75. The smallest absolute Gasteiger partial charge is 0.122 e. The Kier molecular flexibility index (Phi) is 8.08. The van der Waals surface area contributed by atoms with Gasteiger partial charge in [0.2, 0.25) is 0 Å². The highest BCUT2D eigenvalue weighted by molar-refractivity contribution is 6.41. The molecule has 0 amide bonds. The molecule has 0 N–H and O–H groups in total. The van der Waals surface area contributed by atoms with Gasteiger partial charge in [-0.25, -0.2) is 0 Å². The zero-order valence-corrected chi connectivity index (χ0v) is 11.4. The Morgan fingerprint density at radius 3 is 2.43 bits per heavy atom. The molecule has 0 rings (SSSR count). The highest BCUT2D eigenvalue weighted by Crippen LogP contribution is 1.99. The van der Waals surface area contributed by atoms with Gasteiger partial charge >= 0.3 is 0 Å². The molecule has 1 unspecified atom stereocenters. The molecule has 0 aliphatic carbocycles. The van der Waals surface area contributed by atoms with Gasteiger partial charge in [-0.15, -0.1) is 12.3 Å². The largest absolute Gasteiger partial charge is 0.362 e. The second-order valence-corrected chi connectivity index (χ2v) is 5.84. The molecule has 4 heteroatoms. The predicted molar refractivity (Wildman–Crippen MR) is 65.5 cm³/mol. The lowest BCUT2D eigenvalue weighted by atomic mass is 10.5. The first kappa shape index (κ1) is 13.8. The average molecular weight is 216 g/mol. The first-order valence-electron chi connectivity index (χ1n) is 5.11. The molecule has 0 aromatic heterocycles. The van der Waals surface area contributed by atoms with Gasteiger partial charge in [0.15, 0.2) is 0 Å². The molecule has 0 bridgehead atoms. The minimum absolute atomic E-state index is 0.0661. The van der Waals surface area contributed by atoms with Crippen molar-refractivity contribution in [1.82, 2.24) is 9.80 Å². The van der Waals surface area contributed by atoms with Crippen LogP contribution in [0.1, 0.15) is 0 Å². The van der Waals surface area contributed by atoms with Crippen molar-refractivity contribution in [2.75, 3.05) is 41.3 Å². The van der Waals surface area contributed by atoms with E-state index in [0.717, 1.165) is 13.2 Å². The molecule has 14 heavy (non-hydrogen) atoms. The summed E-state index contributed by atoms with van der Waals surface area (Å²) >= 11 is 0. The number of rotatable bonds is 8. The highest BCUT2D eigenvalue weighted by atomic mass is 28.2. The first-order chi connectivity index (χ1) is 6.57. The molecule has 1 atom stereocenters. The van der Waals surface area contributed by atoms with Gasteiger partial charge in [-0.3, -0.25) is 4.90 Å². The summed E-state index contributed by atoms with van der Waals surface area (Å²) in [4.78, 5) is 4.27. The predicted octanol–water partition coefficient (Wildman–Crippen LogP) is 0.183. The molecule has 0 aliphatic rings. The molecule has 0 radical (unpaired) electrons. The van der Waals surface area contributed by atoms with Crippen molar-refractivity contribution in [3.63, 3.8) is 0 Å². The van der Waals surface area contributed by atoms with E-state index in [-0.39, 0.29) is 15.7 Å². The van der Waals surface area contributed by atoms with Crippen molar-refractivity contribution in [1.29, 1.82) is 0 Å². The van der Waals surface area contributed by atoms with E-state index in [2.05, 4.69) is 50.3 Å². The van der Waals surface area contributed by atoms with Gasteiger partial charge in [-0.05, 0) is 34.2 Å². The molecular formula is C10H24N2OSi. The van der Waals surface area contributed by atoms with Crippen LogP contribution in [0.3, 0.4) is 0 Å². The molecule has 0 saturated heterocycles. The van der Waals surface area contributed by atoms with E-state index in [1.165, 1.54) is 6.04 Å². The lowest BCUT2D eigenvalue weighted by molar-refractivity contribution is -0.0426. The summed E-state index contributed by atoms with van der Waals surface area (Å²) in [6.45, 7) is 5.57. The topological polar surface area (TPSA) is 15.7 Å². The summed E-state index contributed by atoms with van der Waals surface area (Å²) in [7, 11) is 8.18. The summed E-state index contributed by atoms with van der Waals surface area (Å²) in [5.74, 6) is 0. The van der Waals surface area contributed by atoms with Gasteiger partial charge in [0.25, 0.3) is 0 Å². The summed E-state index contributed by atoms with van der Waals surface area (Å²) in [6, 6.07) is 1.20. The van der Waals surface area contributed by atoms with E-state index < -0.39 is 0 Å². The molecule has 0 spiro atoms. The normalized spacial score (nSPS) is 14.4. The van der Waals surface area contributed by atoms with Crippen molar-refractivity contribution in [2.24, 2.45) is 0 Å². The van der Waals surface area contributed by atoms with Crippen LogP contribution in [0.4, 0.5) is 0 Å². The summed E-state index contributed by atoms with van der Waals surface area (Å²) in [5.41, 5.74) is 2.07. The van der Waals surface area contributed by atoms with Gasteiger partial charge in [0, 0.05) is 22.7 Å². The third kappa shape index (κ3) is 7.26. The van der Waals surface area contributed by atoms with Gasteiger partial charge in [-0.1, -0.05) is 0 Å². The maximum Gasteiger partial charge on any atom is 0.122 e. The van der Waals surface area contributed by atoms with Crippen molar-refractivity contribution in [3.05, 3.63) is 12.3 Å². The Labute approximate surface area is 90.5 Å². The average Bonchev–Trinajstić information content (AvgIpc) is 2.09. The van der Waals surface area contributed by atoms with E-state index in [1.54, 1.807) is 0 Å². The standard InChI is InChI=1S/C10H24N2OSi/c1-6-14-8-7-13-10(12(4)5)9-11(2)3/h6,10H,1,7-9,14H2,2-5H3. The van der Waals surface area contributed by atoms with E-state index in [0.29, 0.717) is 0 Å². The van der Waals surface area contributed by atoms with Crippen LogP contribution in [0.5, 0.6) is 0 Å². The quantitative estimate of drug-likeness (QED) is 0.327. The Morgan fingerprint density at radius 1 is 1.36 bits per heavy atom. The fourth-order valence-electron chi connectivity index (χ4n) is 1.12. The Morgan fingerprint density at radius 2 is 2.00 bits per heavy atom. The van der Waals surface area contributed by atoms with Crippen LogP contribution < -0.4 is 0 Å². The van der Waals surface area contributed by atoms with Gasteiger partial charge in [-0.2, -0.15) is 0 Å². The van der Waals surface area contributed by atoms with Gasteiger partial charge < -0.3 is 9.64 Å². The van der Waals surface area contributed by atoms with E-state index in [1.807, 2.05) is 0 Å². The number of hydrogen-bond acceptors (Lipinski definition) is 3. The van der Waals surface area contributed by atoms with Crippen molar-refractivity contribution < 1.29 is 4.74 Å². The second kappa shape index (κ2) is 8.17. The zero-order valence-electron chi connectivity index (χ0n) is 9.99. The third-order valence-electron chi connectivity index (χ3n) is 1.96. The van der Waals surface area contributed by atoms with Crippen LogP contribution in [0, 0.1) is 0 Å². The molecule has 0 aliphatic heterocycles. The van der Waals surface area contributed by atoms with Crippen molar-refractivity contribution in [2.45, 2.75) is 12.3 Å². The number of hydrogen-bond donors (Lipinski definition) is 0. The number of nitrogens with zero attached hydrogens (tertiary/aromatic N) is 2. The number of ether oxygens (including phenoxy) is 1. The van der Waals surface area contributed by atoms with Crippen LogP contribution in [0.25, 0.3) is 0 Å². The summed E-state index contributed by atoms with van der Waals surface area (Å²) < 4.78 is 5.79. The fraction of sp³-hybridized carbons (Fsp3) is 0.800. The molecule has 84 valence electrons. The second-order valence-electron chi connectivity index (χ2n) is 3.98. The SMILES string of the molecule is C=C[SiH2]CCOC(CN(C)C)N(C)C. The monoisotopic (exact) mass is 216 g/mol. The molecule has 0 saturated carbocycles. The van der Waals surface area contributed by atoms with Gasteiger partial charge in [0.05, 0.1) is 0 Å². The number of likely N-dealkylation sites (N-methyl/N-ethyl adjacent to an activating group) is 2. The Balaban J connectivity index is 3.68. The highest BCUT2D eigenvalue weighted by Gasteiger charge is 2.11. The minimum Gasteiger partial charge on any atom is -0.362 e. The van der Waals surface area contributed by atoms with E-state index in [9.17, 15) is 0 Å². The van der Waals surface area contributed by atoms with E-state index in [4.69, 9.17) is 4.74 Å². The maximum absolute atomic E-state index is 5.79. The van der Waals surface area contributed by atoms with E-state index >= 15 is 0 Å². The van der Waals surface area contributed by atoms with Crippen LogP contribution in [0.2, 0.25) is 6.04 Å².